The molecule has 0 aliphatic rings. The number of likely N-dealkylation sites (N-methyl/N-ethyl adjacent to an activating group) is 1. The van der Waals surface area contributed by atoms with Crippen LogP contribution >= 0.6 is 15.9 Å². The molecule has 0 fully saturated rings. The van der Waals surface area contributed by atoms with Gasteiger partial charge in [-0.2, -0.15) is 0 Å². The first-order chi connectivity index (χ1) is 8.41. The highest BCUT2D eigenvalue weighted by atomic mass is 79.9. The Bertz CT molecular complexity index is 449. The summed E-state index contributed by atoms with van der Waals surface area (Å²) in [6.07, 6.45) is 0. The van der Waals surface area contributed by atoms with Gasteiger partial charge in [-0.15, -0.1) is 0 Å². The summed E-state index contributed by atoms with van der Waals surface area (Å²) in [6, 6.07) is 6.66. The SMILES string of the molecule is C[C@@H](N)C(=O)N(C)CC(=O)Nc1ccccc1Br. The second-order valence-corrected chi connectivity index (χ2v) is 4.87. The van der Waals surface area contributed by atoms with Crippen LogP contribution in [0.4, 0.5) is 5.69 Å². The van der Waals surface area contributed by atoms with E-state index in [1.807, 2.05) is 18.2 Å². The summed E-state index contributed by atoms with van der Waals surface area (Å²) < 4.78 is 0.791. The van der Waals surface area contributed by atoms with Crippen molar-refractivity contribution in [3.05, 3.63) is 28.7 Å². The number of hydrogen-bond donors (Lipinski definition) is 2. The van der Waals surface area contributed by atoms with Crippen molar-refractivity contribution >= 4 is 33.4 Å². The fraction of sp³-hybridized carbons (Fsp3) is 0.333. The molecule has 3 N–H and O–H groups in total. The van der Waals surface area contributed by atoms with Crippen LogP contribution in [0, 0.1) is 0 Å². The largest absolute Gasteiger partial charge is 0.335 e. The summed E-state index contributed by atoms with van der Waals surface area (Å²) >= 11 is 3.33. The van der Waals surface area contributed by atoms with Gasteiger partial charge in [-0.05, 0) is 35.0 Å². The van der Waals surface area contributed by atoms with E-state index in [2.05, 4.69) is 21.2 Å². The maximum Gasteiger partial charge on any atom is 0.244 e. The second-order valence-electron chi connectivity index (χ2n) is 4.01. The van der Waals surface area contributed by atoms with E-state index in [9.17, 15) is 9.59 Å². The third kappa shape index (κ3) is 4.12. The van der Waals surface area contributed by atoms with Gasteiger partial charge in [0, 0.05) is 11.5 Å². The van der Waals surface area contributed by atoms with Gasteiger partial charge in [-0.25, -0.2) is 0 Å². The smallest absolute Gasteiger partial charge is 0.244 e. The maximum atomic E-state index is 11.7. The summed E-state index contributed by atoms with van der Waals surface area (Å²) in [7, 11) is 1.55. The Hall–Kier alpha value is -1.40. The highest BCUT2D eigenvalue weighted by Gasteiger charge is 2.16. The van der Waals surface area contributed by atoms with Crippen molar-refractivity contribution in [2.24, 2.45) is 5.73 Å². The number of rotatable bonds is 4. The molecule has 0 saturated carbocycles. The molecule has 1 atom stereocenters. The van der Waals surface area contributed by atoms with Crippen molar-refractivity contribution in [3.8, 4) is 0 Å². The Balaban J connectivity index is 2.58. The summed E-state index contributed by atoms with van der Waals surface area (Å²) in [4.78, 5) is 24.5. The number of carbonyl (C=O) groups excluding carboxylic acids is 2. The minimum atomic E-state index is -0.605. The van der Waals surface area contributed by atoms with Crippen LogP contribution in [0.5, 0.6) is 0 Å². The molecule has 0 aliphatic heterocycles. The summed E-state index contributed by atoms with van der Waals surface area (Å²) in [5.41, 5.74) is 6.13. The number of benzene rings is 1. The molecule has 1 aromatic rings. The average molecular weight is 314 g/mol. The predicted octanol–water partition coefficient (Wildman–Crippen LogP) is 1.19. The highest BCUT2D eigenvalue weighted by Crippen LogP contribution is 2.20. The lowest BCUT2D eigenvalue weighted by atomic mass is 10.3. The van der Waals surface area contributed by atoms with Crippen LogP contribution in [0.3, 0.4) is 0 Å². The summed E-state index contributed by atoms with van der Waals surface area (Å²) in [5.74, 6) is -0.532. The van der Waals surface area contributed by atoms with E-state index in [-0.39, 0.29) is 18.4 Å². The van der Waals surface area contributed by atoms with Gasteiger partial charge in [-0.3, -0.25) is 9.59 Å². The minimum Gasteiger partial charge on any atom is -0.335 e. The molecule has 0 heterocycles. The Morgan fingerprint density at radius 2 is 2.06 bits per heavy atom. The Kier molecular flexibility index (Phi) is 5.30. The van der Waals surface area contributed by atoms with Crippen molar-refractivity contribution < 1.29 is 9.59 Å². The van der Waals surface area contributed by atoms with Crippen LogP contribution < -0.4 is 11.1 Å². The molecule has 0 aromatic heterocycles. The molecule has 0 unspecified atom stereocenters. The standard InChI is InChI=1S/C12H16BrN3O2/c1-8(14)12(18)16(2)7-11(17)15-10-6-4-3-5-9(10)13/h3-6,8H,7,14H2,1-2H3,(H,15,17)/t8-/m1/s1. The number of anilines is 1. The van der Waals surface area contributed by atoms with Crippen molar-refractivity contribution in [2.75, 3.05) is 18.9 Å². The van der Waals surface area contributed by atoms with Crippen LogP contribution in [0.15, 0.2) is 28.7 Å². The Labute approximate surface area is 114 Å². The first-order valence-electron chi connectivity index (χ1n) is 5.46. The fourth-order valence-electron chi connectivity index (χ4n) is 1.39. The van der Waals surface area contributed by atoms with Gasteiger partial charge in [0.05, 0.1) is 18.3 Å². The number of nitrogens with zero attached hydrogens (tertiary/aromatic N) is 1. The summed E-state index contributed by atoms with van der Waals surface area (Å²) in [6.45, 7) is 1.56. The molecule has 0 spiro atoms. The van der Waals surface area contributed by atoms with Crippen LogP contribution in [-0.2, 0) is 9.59 Å². The van der Waals surface area contributed by atoms with E-state index in [1.54, 1.807) is 20.0 Å². The molecular formula is C12H16BrN3O2. The fourth-order valence-corrected chi connectivity index (χ4v) is 1.78. The first kappa shape index (κ1) is 14.7. The van der Waals surface area contributed by atoms with Crippen LogP contribution in [0.1, 0.15) is 6.92 Å². The van der Waals surface area contributed by atoms with Crippen molar-refractivity contribution in [2.45, 2.75) is 13.0 Å². The molecule has 1 aromatic carbocycles. The van der Waals surface area contributed by atoms with Crippen molar-refractivity contribution in [3.63, 3.8) is 0 Å². The summed E-state index contributed by atoms with van der Waals surface area (Å²) in [5, 5.41) is 2.71. The lowest BCUT2D eigenvalue weighted by Crippen LogP contribution is -2.43. The average Bonchev–Trinajstić information content (AvgIpc) is 2.30. The third-order valence-corrected chi connectivity index (χ3v) is 2.99. The number of nitrogens with two attached hydrogens (primary N) is 1. The van der Waals surface area contributed by atoms with Gasteiger partial charge in [0.15, 0.2) is 0 Å². The second kappa shape index (κ2) is 6.51. The molecule has 6 heteroatoms. The molecule has 98 valence electrons. The van der Waals surface area contributed by atoms with E-state index in [4.69, 9.17) is 5.73 Å². The number of carbonyl (C=O) groups is 2. The van der Waals surface area contributed by atoms with Gasteiger partial charge in [0.25, 0.3) is 0 Å². The molecule has 2 amide bonds. The Morgan fingerprint density at radius 1 is 1.44 bits per heavy atom. The van der Waals surface area contributed by atoms with E-state index < -0.39 is 6.04 Å². The van der Waals surface area contributed by atoms with Crippen LogP contribution in [0.25, 0.3) is 0 Å². The third-order valence-electron chi connectivity index (χ3n) is 2.29. The monoisotopic (exact) mass is 313 g/mol. The molecule has 1 rings (SSSR count). The normalized spacial score (nSPS) is 11.8. The van der Waals surface area contributed by atoms with E-state index in [0.29, 0.717) is 5.69 Å². The maximum absolute atomic E-state index is 11.7. The van der Waals surface area contributed by atoms with Crippen LogP contribution in [-0.4, -0.2) is 36.3 Å². The van der Waals surface area contributed by atoms with Gasteiger partial charge >= 0.3 is 0 Å². The number of para-hydroxylation sites is 1. The van der Waals surface area contributed by atoms with Gasteiger partial charge in [0.2, 0.25) is 11.8 Å². The zero-order valence-corrected chi connectivity index (χ0v) is 11.9. The zero-order chi connectivity index (χ0) is 13.7. The van der Waals surface area contributed by atoms with E-state index in [0.717, 1.165) is 4.47 Å². The van der Waals surface area contributed by atoms with E-state index >= 15 is 0 Å². The number of hydrogen-bond acceptors (Lipinski definition) is 3. The molecule has 18 heavy (non-hydrogen) atoms. The van der Waals surface area contributed by atoms with Gasteiger partial charge in [-0.1, -0.05) is 12.1 Å². The number of amides is 2. The predicted molar refractivity (Wildman–Crippen MR) is 74.1 cm³/mol. The van der Waals surface area contributed by atoms with E-state index in [1.165, 1.54) is 4.90 Å². The lowest BCUT2D eigenvalue weighted by molar-refractivity contribution is -0.134. The highest BCUT2D eigenvalue weighted by molar-refractivity contribution is 9.10. The van der Waals surface area contributed by atoms with Crippen molar-refractivity contribution in [1.82, 2.24) is 4.90 Å². The number of nitrogens with one attached hydrogen (secondary N) is 1. The zero-order valence-electron chi connectivity index (χ0n) is 10.3. The molecule has 0 aliphatic carbocycles. The molecule has 5 nitrogen and oxygen atoms in total. The quantitative estimate of drug-likeness (QED) is 0.877. The van der Waals surface area contributed by atoms with Gasteiger partial charge < -0.3 is 16.0 Å². The van der Waals surface area contributed by atoms with Crippen molar-refractivity contribution in [1.29, 1.82) is 0 Å². The Morgan fingerprint density at radius 3 is 2.61 bits per heavy atom. The first-order valence-corrected chi connectivity index (χ1v) is 6.26. The van der Waals surface area contributed by atoms with Crippen LogP contribution in [0.2, 0.25) is 0 Å². The molecule has 0 radical (unpaired) electrons. The lowest BCUT2D eigenvalue weighted by Gasteiger charge is -2.18. The molecular weight excluding hydrogens is 298 g/mol. The number of halogens is 1. The van der Waals surface area contributed by atoms with Gasteiger partial charge in [0.1, 0.15) is 0 Å². The minimum absolute atomic E-state index is 0.0261. The molecule has 0 bridgehead atoms. The molecule has 0 saturated heterocycles. The topological polar surface area (TPSA) is 75.4 Å².